The normalized spacial score (nSPS) is 37.9. The maximum absolute atomic E-state index is 7.81. The molecule has 0 unspecified atom stereocenters. The molecular formula is C7H7BrN2. The van der Waals surface area contributed by atoms with Crippen LogP contribution in [0.15, 0.2) is 17.0 Å². The van der Waals surface area contributed by atoms with Gasteiger partial charge in [0.15, 0.2) is 0 Å². The molecule has 0 bridgehead atoms. The van der Waals surface area contributed by atoms with Crippen LogP contribution in [0.2, 0.25) is 0 Å². The highest BCUT2D eigenvalue weighted by Crippen LogP contribution is 2.38. The van der Waals surface area contributed by atoms with Gasteiger partial charge in [0.05, 0.1) is 11.9 Å². The fraction of sp³-hybridized carbons (Fsp3) is 0.429. The van der Waals surface area contributed by atoms with E-state index in [1.165, 1.54) is 12.4 Å². The van der Waals surface area contributed by atoms with Crippen molar-refractivity contribution in [3.05, 3.63) is 22.7 Å². The van der Waals surface area contributed by atoms with Crippen LogP contribution in [0, 0.1) is 0 Å². The van der Waals surface area contributed by atoms with Crippen molar-refractivity contribution < 1.29 is 6.85 Å². The Bertz CT molecular complexity index is 408. The lowest BCUT2D eigenvalue weighted by atomic mass is 10.3. The molecule has 0 radical (unpaired) electrons. The van der Waals surface area contributed by atoms with Crippen molar-refractivity contribution in [1.29, 1.82) is 0 Å². The monoisotopic (exact) mass is 203 g/mol. The smallest absolute Gasteiger partial charge is 0.124 e. The Hall–Kier alpha value is -0.440. The Morgan fingerprint density at radius 1 is 1.70 bits per heavy atom. The molecule has 0 amide bonds. The number of halogens is 1. The first kappa shape index (κ1) is 2.89. The predicted molar refractivity (Wildman–Crippen MR) is 41.7 cm³/mol. The lowest BCUT2D eigenvalue weighted by Crippen LogP contribution is -1.87. The van der Waals surface area contributed by atoms with Gasteiger partial charge < -0.3 is 0 Å². The van der Waals surface area contributed by atoms with Crippen LogP contribution in [0.3, 0.4) is 0 Å². The second kappa shape index (κ2) is 2.31. The summed E-state index contributed by atoms with van der Waals surface area (Å²) < 4.78 is 37.9. The first-order valence-electron chi connectivity index (χ1n) is 5.23. The van der Waals surface area contributed by atoms with Crippen LogP contribution in [0.1, 0.15) is 31.2 Å². The summed E-state index contributed by atoms with van der Waals surface area (Å²) in [4.78, 5) is 7.64. The Kier molecular flexibility index (Phi) is 0.668. The second-order valence-electron chi connectivity index (χ2n) is 1.85. The second-order valence-corrected chi connectivity index (χ2v) is 2.66. The Morgan fingerprint density at radius 2 is 2.50 bits per heavy atom. The highest BCUT2D eigenvalue weighted by molar-refractivity contribution is 9.10. The van der Waals surface area contributed by atoms with E-state index >= 15 is 0 Å². The zero-order valence-corrected chi connectivity index (χ0v) is 6.51. The molecule has 1 aromatic heterocycles. The van der Waals surface area contributed by atoms with Gasteiger partial charge in [-0.3, -0.25) is 4.98 Å². The summed E-state index contributed by atoms with van der Waals surface area (Å²) in [6.07, 6.45) is -1.83. The van der Waals surface area contributed by atoms with Gasteiger partial charge in [0.25, 0.3) is 0 Å². The van der Waals surface area contributed by atoms with Crippen LogP contribution < -0.4 is 0 Å². The molecule has 0 aromatic carbocycles. The molecular weight excluding hydrogens is 192 g/mol. The van der Waals surface area contributed by atoms with Gasteiger partial charge in [0.1, 0.15) is 4.60 Å². The van der Waals surface area contributed by atoms with Crippen molar-refractivity contribution in [3.8, 4) is 0 Å². The minimum atomic E-state index is -2.23. The predicted octanol–water partition coefficient (Wildman–Crippen LogP) is 2.12. The van der Waals surface area contributed by atoms with E-state index < -0.39 is 18.6 Å². The van der Waals surface area contributed by atoms with E-state index in [2.05, 4.69) is 25.9 Å². The average Bonchev–Trinajstić information content (AvgIpc) is 2.45. The van der Waals surface area contributed by atoms with Gasteiger partial charge in [0.2, 0.25) is 0 Å². The van der Waals surface area contributed by atoms with E-state index in [1.54, 1.807) is 0 Å². The van der Waals surface area contributed by atoms with Gasteiger partial charge in [0, 0.05) is 18.9 Å². The Labute approximate surface area is 74.9 Å². The van der Waals surface area contributed by atoms with Crippen LogP contribution in [-0.4, -0.2) is 9.97 Å². The molecule has 2 nitrogen and oxygen atoms in total. The van der Waals surface area contributed by atoms with E-state index in [9.17, 15) is 0 Å². The molecule has 0 N–H and O–H groups in total. The molecule has 3 heteroatoms. The molecule has 0 atom stereocenters. The van der Waals surface area contributed by atoms with E-state index in [0.717, 1.165) is 0 Å². The zero-order chi connectivity index (χ0) is 11.5. The molecule has 2 rings (SSSR count). The van der Waals surface area contributed by atoms with Crippen molar-refractivity contribution in [1.82, 2.24) is 9.97 Å². The van der Waals surface area contributed by atoms with Crippen LogP contribution in [0.25, 0.3) is 0 Å². The fourth-order valence-corrected chi connectivity index (χ4v) is 0.931. The van der Waals surface area contributed by atoms with Crippen molar-refractivity contribution in [2.24, 2.45) is 0 Å². The van der Waals surface area contributed by atoms with Crippen molar-refractivity contribution >= 4 is 15.9 Å². The quantitative estimate of drug-likeness (QED) is 0.700. The van der Waals surface area contributed by atoms with Crippen molar-refractivity contribution in [2.45, 2.75) is 18.6 Å². The summed E-state index contributed by atoms with van der Waals surface area (Å²) in [5, 5.41) is 0. The van der Waals surface area contributed by atoms with Gasteiger partial charge in [-0.25, -0.2) is 4.98 Å². The van der Waals surface area contributed by atoms with E-state index in [1.807, 2.05) is 0 Å². The zero-order valence-electron chi connectivity index (χ0n) is 9.93. The summed E-state index contributed by atoms with van der Waals surface area (Å²) in [6, 6.07) is 0. The molecule has 1 aromatic rings. The van der Waals surface area contributed by atoms with Crippen LogP contribution >= 0.6 is 15.9 Å². The minimum Gasteiger partial charge on any atom is -0.260 e. The van der Waals surface area contributed by atoms with Gasteiger partial charge in [-0.1, -0.05) is 0 Å². The molecule has 1 heterocycles. The van der Waals surface area contributed by atoms with Crippen LogP contribution in [0.4, 0.5) is 0 Å². The van der Waals surface area contributed by atoms with E-state index in [4.69, 9.17) is 6.85 Å². The molecule has 1 aliphatic rings. The molecule has 0 saturated heterocycles. The third-order valence-electron chi connectivity index (χ3n) is 1.11. The number of nitrogens with zero attached hydrogens (tertiary/aromatic N) is 2. The molecule has 0 spiro atoms. The number of hydrogen-bond donors (Lipinski definition) is 0. The van der Waals surface area contributed by atoms with Gasteiger partial charge in [-0.05, 0) is 28.7 Å². The molecule has 1 fully saturated rings. The first-order chi connectivity index (χ1) is 6.75. The summed E-state index contributed by atoms with van der Waals surface area (Å²) in [5.74, 6) is -1.96. The lowest BCUT2D eigenvalue weighted by Gasteiger charge is -1.94. The lowest BCUT2D eigenvalue weighted by molar-refractivity contribution is 0.972. The van der Waals surface area contributed by atoms with Crippen molar-refractivity contribution in [2.75, 3.05) is 0 Å². The van der Waals surface area contributed by atoms with E-state index in [0.29, 0.717) is 4.60 Å². The summed E-state index contributed by atoms with van der Waals surface area (Å²) in [7, 11) is 0. The Balaban J connectivity index is 2.51. The first-order valence-corrected chi connectivity index (χ1v) is 3.52. The van der Waals surface area contributed by atoms with Crippen LogP contribution in [-0.2, 0) is 0 Å². The number of hydrogen-bond acceptors (Lipinski definition) is 2. The highest BCUT2D eigenvalue weighted by Gasteiger charge is 2.25. The SMILES string of the molecule is [2H]C1([2H])C([2H])([2H])C1([2H])c1cncc(Br)n1. The fourth-order valence-electron chi connectivity index (χ4n) is 0.622. The van der Waals surface area contributed by atoms with Crippen LogP contribution in [0.5, 0.6) is 0 Å². The molecule has 0 aliphatic heterocycles. The Morgan fingerprint density at radius 3 is 3.10 bits per heavy atom. The van der Waals surface area contributed by atoms with Gasteiger partial charge >= 0.3 is 0 Å². The summed E-state index contributed by atoms with van der Waals surface area (Å²) in [6.45, 7) is 0. The molecule has 1 aliphatic carbocycles. The third kappa shape index (κ3) is 1.19. The standard InChI is InChI=1S/C7H7BrN2/c8-7-4-9-3-6(10-7)5-1-2-5/h3-5H,1-2H2/i1D2,2D2,5D. The molecule has 10 heavy (non-hydrogen) atoms. The number of rotatable bonds is 1. The summed E-state index contributed by atoms with van der Waals surface area (Å²) >= 11 is 3.06. The largest absolute Gasteiger partial charge is 0.260 e. The summed E-state index contributed by atoms with van der Waals surface area (Å²) in [5.41, 5.74) is 0.00637. The van der Waals surface area contributed by atoms with Crippen molar-refractivity contribution in [3.63, 3.8) is 0 Å². The maximum atomic E-state index is 7.81. The maximum Gasteiger partial charge on any atom is 0.124 e. The third-order valence-corrected chi connectivity index (χ3v) is 1.49. The van der Waals surface area contributed by atoms with E-state index in [-0.39, 0.29) is 5.69 Å². The molecule has 1 saturated carbocycles. The minimum absolute atomic E-state index is 0.00637. The molecule has 52 valence electrons. The van der Waals surface area contributed by atoms with Gasteiger partial charge in [-0.2, -0.15) is 0 Å². The van der Waals surface area contributed by atoms with Gasteiger partial charge in [-0.15, -0.1) is 0 Å². The highest BCUT2D eigenvalue weighted by atomic mass is 79.9. The topological polar surface area (TPSA) is 25.8 Å². The number of aromatic nitrogens is 2. The average molecular weight is 204 g/mol.